The number of carbonyl (C=O) groups excluding carboxylic acids is 1. The van der Waals surface area contributed by atoms with Crippen LogP contribution in [-0.4, -0.2) is 23.5 Å². The average molecular weight is 285 g/mol. The first-order chi connectivity index (χ1) is 8.90. The van der Waals surface area contributed by atoms with Crippen LogP contribution in [0.5, 0.6) is 0 Å². The SMILES string of the molecule is CC(CCC(=O)O)CNc1ccc(C(N)=O)c(Cl)c1. The van der Waals surface area contributed by atoms with Crippen molar-refractivity contribution in [3.8, 4) is 0 Å². The molecule has 1 aromatic rings. The van der Waals surface area contributed by atoms with Gasteiger partial charge in [-0.2, -0.15) is 0 Å². The van der Waals surface area contributed by atoms with E-state index in [1.54, 1.807) is 18.2 Å². The van der Waals surface area contributed by atoms with E-state index in [2.05, 4.69) is 5.32 Å². The van der Waals surface area contributed by atoms with Crippen LogP contribution in [0, 0.1) is 5.92 Å². The summed E-state index contributed by atoms with van der Waals surface area (Å²) < 4.78 is 0. The average Bonchev–Trinajstić information content (AvgIpc) is 2.33. The van der Waals surface area contributed by atoms with Gasteiger partial charge in [0.25, 0.3) is 0 Å². The maximum Gasteiger partial charge on any atom is 0.303 e. The summed E-state index contributed by atoms with van der Waals surface area (Å²) in [6, 6.07) is 4.91. The lowest BCUT2D eigenvalue weighted by Gasteiger charge is -2.13. The van der Waals surface area contributed by atoms with E-state index in [1.807, 2.05) is 6.92 Å². The number of anilines is 1. The second-order valence-corrected chi connectivity index (χ2v) is 4.88. The smallest absolute Gasteiger partial charge is 0.303 e. The number of aliphatic carboxylic acids is 1. The Kier molecular flexibility index (Phi) is 5.63. The lowest BCUT2D eigenvalue weighted by Crippen LogP contribution is -2.14. The van der Waals surface area contributed by atoms with Gasteiger partial charge in [0.05, 0.1) is 10.6 Å². The van der Waals surface area contributed by atoms with Crippen molar-refractivity contribution in [1.82, 2.24) is 0 Å². The molecule has 1 atom stereocenters. The van der Waals surface area contributed by atoms with Crippen LogP contribution in [0.1, 0.15) is 30.1 Å². The van der Waals surface area contributed by atoms with Crippen molar-refractivity contribution in [3.05, 3.63) is 28.8 Å². The third-order valence-corrected chi connectivity index (χ3v) is 3.05. The molecule has 1 rings (SSSR count). The van der Waals surface area contributed by atoms with Crippen molar-refractivity contribution >= 4 is 29.2 Å². The summed E-state index contributed by atoms with van der Waals surface area (Å²) in [6.45, 7) is 2.61. The summed E-state index contributed by atoms with van der Waals surface area (Å²) in [6.07, 6.45) is 0.764. The van der Waals surface area contributed by atoms with Crippen molar-refractivity contribution in [2.75, 3.05) is 11.9 Å². The molecule has 0 radical (unpaired) electrons. The number of benzene rings is 1. The van der Waals surface area contributed by atoms with Gasteiger partial charge in [-0.1, -0.05) is 18.5 Å². The van der Waals surface area contributed by atoms with Gasteiger partial charge >= 0.3 is 5.97 Å². The van der Waals surface area contributed by atoms with E-state index >= 15 is 0 Å². The third-order valence-electron chi connectivity index (χ3n) is 2.74. The first-order valence-corrected chi connectivity index (χ1v) is 6.33. The van der Waals surface area contributed by atoms with Gasteiger partial charge in [0.1, 0.15) is 0 Å². The van der Waals surface area contributed by atoms with Gasteiger partial charge in [-0.3, -0.25) is 9.59 Å². The van der Waals surface area contributed by atoms with E-state index in [-0.39, 0.29) is 17.9 Å². The van der Waals surface area contributed by atoms with Crippen LogP contribution in [-0.2, 0) is 4.79 Å². The lowest BCUT2D eigenvalue weighted by molar-refractivity contribution is -0.137. The van der Waals surface area contributed by atoms with E-state index in [1.165, 1.54) is 0 Å². The highest BCUT2D eigenvalue weighted by Gasteiger charge is 2.08. The van der Waals surface area contributed by atoms with Gasteiger partial charge in [0.2, 0.25) is 5.91 Å². The summed E-state index contributed by atoms with van der Waals surface area (Å²) >= 11 is 5.92. The number of hydrogen-bond donors (Lipinski definition) is 3. The molecule has 6 heteroatoms. The van der Waals surface area contributed by atoms with Crippen LogP contribution in [0.4, 0.5) is 5.69 Å². The van der Waals surface area contributed by atoms with Crippen LogP contribution >= 0.6 is 11.6 Å². The van der Waals surface area contributed by atoms with E-state index < -0.39 is 11.9 Å². The Bertz CT molecular complexity index is 477. The molecule has 0 fully saturated rings. The molecule has 5 nitrogen and oxygen atoms in total. The summed E-state index contributed by atoms with van der Waals surface area (Å²) in [7, 11) is 0. The van der Waals surface area contributed by atoms with Gasteiger partial charge in [0, 0.05) is 18.7 Å². The van der Waals surface area contributed by atoms with Crippen molar-refractivity contribution in [2.45, 2.75) is 19.8 Å². The Hall–Kier alpha value is -1.75. The quantitative estimate of drug-likeness (QED) is 0.716. The zero-order valence-electron chi connectivity index (χ0n) is 10.6. The topological polar surface area (TPSA) is 92.4 Å². The summed E-state index contributed by atoms with van der Waals surface area (Å²) in [4.78, 5) is 21.5. The second-order valence-electron chi connectivity index (χ2n) is 4.48. The molecule has 0 saturated carbocycles. The highest BCUT2D eigenvalue weighted by atomic mass is 35.5. The molecule has 0 aliphatic heterocycles. The minimum atomic E-state index is -0.791. The highest BCUT2D eigenvalue weighted by molar-refractivity contribution is 6.34. The van der Waals surface area contributed by atoms with E-state index in [9.17, 15) is 9.59 Å². The van der Waals surface area contributed by atoms with Crippen molar-refractivity contribution in [2.24, 2.45) is 11.7 Å². The van der Waals surface area contributed by atoms with Gasteiger partial charge in [-0.15, -0.1) is 0 Å². The molecular weight excluding hydrogens is 268 g/mol. The molecule has 19 heavy (non-hydrogen) atoms. The number of primary amides is 1. The molecule has 0 aromatic heterocycles. The molecule has 0 saturated heterocycles. The molecular formula is C13H17ClN2O3. The Balaban J connectivity index is 2.52. The van der Waals surface area contributed by atoms with Crippen molar-refractivity contribution in [1.29, 1.82) is 0 Å². The summed E-state index contributed by atoms with van der Waals surface area (Å²) in [5.74, 6) is -1.13. The second kappa shape index (κ2) is 6.99. The molecule has 0 aliphatic carbocycles. The number of rotatable bonds is 7. The zero-order chi connectivity index (χ0) is 14.4. The lowest BCUT2D eigenvalue weighted by atomic mass is 10.1. The molecule has 0 aliphatic rings. The van der Waals surface area contributed by atoms with Crippen LogP contribution in [0.3, 0.4) is 0 Å². The predicted octanol–water partition coefficient (Wildman–Crippen LogP) is 2.35. The fraction of sp³-hybridized carbons (Fsp3) is 0.385. The number of carbonyl (C=O) groups is 2. The van der Waals surface area contributed by atoms with Crippen LogP contribution < -0.4 is 11.1 Å². The molecule has 1 amide bonds. The highest BCUT2D eigenvalue weighted by Crippen LogP contribution is 2.21. The molecule has 0 bridgehead atoms. The van der Waals surface area contributed by atoms with Crippen molar-refractivity contribution < 1.29 is 14.7 Å². The molecule has 0 heterocycles. The molecule has 0 spiro atoms. The number of nitrogens with two attached hydrogens (primary N) is 1. The Morgan fingerprint density at radius 1 is 1.47 bits per heavy atom. The summed E-state index contributed by atoms with van der Waals surface area (Å²) in [5, 5.41) is 12.0. The van der Waals surface area contributed by atoms with Crippen LogP contribution in [0.2, 0.25) is 5.02 Å². The largest absolute Gasteiger partial charge is 0.481 e. The Labute approximate surface area is 116 Å². The normalized spacial score (nSPS) is 11.9. The molecule has 104 valence electrons. The fourth-order valence-corrected chi connectivity index (χ4v) is 1.86. The van der Waals surface area contributed by atoms with Gasteiger partial charge in [-0.05, 0) is 30.5 Å². The number of amides is 1. The van der Waals surface area contributed by atoms with Gasteiger partial charge in [0.15, 0.2) is 0 Å². The standard InChI is InChI=1S/C13H17ClN2O3/c1-8(2-5-12(17)18)7-16-9-3-4-10(13(15)19)11(14)6-9/h3-4,6,8,16H,2,5,7H2,1H3,(H2,15,19)(H,17,18). The van der Waals surface area contributed by atoms with Crippen LogP contribution in [0.25, 0.3) is 0 Å². The molecule has 1 aromatic carbocycles. The number of hydrogen-bond acceptors (Lipinski definition) is 3. The number of carboxylic acids is 1. The maximum atomic E-state index is 11.0. The van der Waals surface area contributed by atoms with Gasteiger partial charge in [-0.25, -0.2) is 0 Å². The minimum Gasteiger partial charge on any atom is -0.481 e. The first kappa shape index (κ1) is 15.3. The van der Waals surface area contributed by atoms with Gasteiger partial charge < -0.3 is 16.2 Å². The summed E-state index contributed by atoms with van der Waals surface area (Å²) in [5.41, 5.74) is 6.21. The minimum absolute atomic E-state index is 0.157. The number of halogens is 1. The van der Waals surface area contributed by atoms with Crippen molar-refractivity contribution in [3.63, 3.8) is 0 Å². The fourth-order valence-electron chi connectivity index (χ4n) is 1.59. The Morgan fingerprint density at radius 3 is 2.68 bits per heavy atom. The van der Waals surface area contributed by atoms with E-state index in [0.717, 1.165) is 5.69 Å². The monoisotopic (exact) mass is 284 g/mol. The number of carboxylic acid groups (broad SMARTS) is 1. The first-order valence-electron chi connectivity index (χ1n) is 5.95. The Morgan fingerprint density at radius 2 is 2.16 bits per heavy atom. The predicted molar refractivity (Wildman–Crippen MR) is 74.5 cm³/mol. The third kappa shape index (κ3) is 5.18. The zero-order valence-corrected chi connectivity index (χ0v) is 11.4. The maximum absolute atomic E-state index is 11.0. The number of nitrogens with one attached hydrogen (secondary N) is 1. The van der Waals surface area contributed by atoms with Crippen LogP contribution in [0.15, 0.2) is 18.2 Å². The molecule has 4 N–H and O–H groups in total. The van der Waals surface area contributed by atoms with E-state index in [4.69, 9.17) is 22.4 Å². The van der Waals surface area contributed by atoms with E-state index in [0.29, 0.717) is 18.0 Å². The molecule has 1 unspecified atom stereocenters.